The van der Waals surface area contributed by atoms with Crippen molar-refractivity contribution in [2.24, 2.45) is 0 Å². The van der Waals surface area contributed by atoms with Gasteiger partial charge in [-0.05, 0) is 75.9 Å². The van der Waals surface area contributed by atoms with Crippen LogP contribution < -0.4 is 20.0 Å². The molecule has 13 nitrogen and oxygen atoms in total. The van der Waals surface area contributed by atoms with Gasteiger partial charge in [-0.2, -0.15) is 12.7 Å². The van der Waals surface area contributed by atoms with Crippen LogP contribution in [0, 0.1) is 6.92 Å². The van der Waals surface area contributed by atoms with Crippen molar-refractivity contribution in [1.82, 2.24) is 18.8 Å². The van der Waals surface area contributed by atoms with E-state index in [1.165, 1.54) is 29.6 Å². The molecule has 0 saturated carbocycles. The summed E-state index contributed by atoms with van der Waals surface area (Å²) >= 11 is 6.94. The van der Waals surface area contributed by atoms with Crippen LogP contribution in [0.3, 0.4) is 0 Å². The molecule has 1 unspecified atom stereocenters. The lowest BCUT2D eigenvalue weighted by atomic mass is 9.95. The summed E-state index contributed by atoms with van der Waals surface area (Å²) in [5, 5.41) is 1.17. The fraction of sp³-hybridized carbons (Fsp3) is 0.514. The van der Waals surface area contributed by atoms with Crippen molar-refractivity contribution in [3.63, 3.8) is 0 Å². The summed E-state index contributed by atoms with van der Waals surface area (Å²) in [4.78, 5) is 46.5. The molecule has 3 saturated heterocycles. The van der Waals surface area contributed by atoms with Crippen LogP contribution in [0.5, 0.6) is 5.75 Å². The monoisotopic (exact) mass is 727 g/mol. The van der Waals surface area contributed by atoms with Crippen LogP contribution >= 0.6 is 11.6 Å². The number of rotatable bonds is 8. The highest BCUT2D eigenvalue weighted by molar-refractivity contribution is 7.87. The normalized spacial score (nSPS) is 22.6. The molecule has 1 aromatic heterocycles. The molecular formula is C35H42ClN5O8S. The number of aryl methyl sites for hydroxylation is 1. The predicted octanol–water partition coefficient (Wildman–Crippen LogP) is 3.33. The largest absolute Gasteiger partial charge is 0.496 e. The van der Waals surface area contributed by atoms with Crippen molar-refractivity contribution in [2.45, 2.75) is 63.7 Å². The lowest BCUT2D eigenvalue weighted by Gasteiger charge is -2.41. The van der Waals surface area contributed by atoms with E-state index in [0.717, 1.165) is 62.1 Å². The molecule has 0 spiro atoms. The molecule has 3 fully saturated rings. The fourth-order valence-electron chi connectivity index (χ4n) is 8.22. The molecule has 15 heteroatoms. The van der Waals surface area contributed by atoms with Gasteiger partial charge in [0.05, 0.1) is 42.5 Å². The molecule has 5 heterocycles. The van der Waals surface area contributed by atoms with Crippen molar-refractivity contribution < 1.29 is 31.9 Å². The van der Waals surface area contributed by atoms with E-state index in [4.69, 9.17) is 25.5 Å². The van der Waals surface area contributed by atoms with E-state index in [-0.39, 0.29) is 47.5 Å². The lowest BCUT2D eigenvalue weighted by Crippen LogP contribution is -2.53. The number of nitrogens with zero attached hydrogens (tertiary/aromatic N) is 4. The van der Waals surface area contributed by atoms with Gasteiger partial charge in [0.2, 0.25) is 0 Å². The third kappa shape index (κ3) is 6.04. The number of hydrogen-bond donors (Lipinski definition) is 1. The second-order valence-corrected chi connectivity index (χ2v) is 15.7. The summed E-state index contributed by atoms with van der Waals surface area (Å²) < 4.78 is 46.6. The first-order chi connectivity index (χ1) is 23.9. The summed E-state index contributed by atoms with van der Waals surface area (Å²) in [7, 11) is 1.09. The number of fused-ring (bicyclic) bond motifs is 5. The average Bonchev–Trinajstić information content (AvgIpc) is 3.72. The molecule has 2 amide bonds. The maximum absolute atomic E-state index is 13.7. The number of anilines is 1. The van der Waals surface area contributed by atoms with Crippen LogP contribution in [-0.2, 0) is 27.9 Å². The number of methoxy groups -OCH3 is 2. The first-order valence-corrected chi connectivity index (χ1v) is 18.8. The van der Waals surface area contributed by atoms with Gasteiger partial charge in [-0.15, -0.1) is 0 Å². The maximum Gasteiger partial charge on any atom is 0.341 e. The minimum atomic E-state index is -4.03. The van der Waals surface area contributed by atoms with E-state index in [1.807, 2.05) is 13.0 Å². The summed E-state index contributed by atoms with van der Waals surface area (Å²) in [6.07, 6.45) is 3.55. The zero-order chi connectivity index (χ0) is 35.5. The van der Waals surface area contributed by atoms with Gasteiger partial charge in [-0.3, -0.25) is 14.5 Å². The highest BCUT2D eigenvalue weighted by Crippen LogP contribution is 2.40. The first kappa shape index (κ1) is 34.7. The third-order valence-electron chi connectivity index (χ3n) is 10.9. The highest BCUT2D eigenvalue weighted by Gasteiger charge is 2.47. The molecule has 2 aromatic carbocycles. The van der Waals surface area contributed by atoms with Crippen molar-refractivity contribution in [2.75, 3.05) is 59.0 Å². The first-order valence-electron chi connectivity index (χ1n) is 17.0. The Balaban J connectivity index is 1.11. The van der Waals surface area contributed by atoms with Gasteiger partial charge < -0.3 is 23.7 Å². The van der Waals surface area contributed by atoms with Crippen molar-refractivity contribution in [3.8, 4) is 5.75 Å². The molecule has 2 bridgehead atoms. The number of likely N-dealkylation sites (N-methyl/N-ethyl adjacent to an activating group) is 1. The molecule has 0 aliphatic carbocycles. The number of hydrogen-bond acceptors (Lipinski definition) is 10. The maximum atomic E-state index is 13.7. The summed E-state index contributed by atoms with van der Waals surface area (Å²) in [5.74, 6) is -1.15. The lowest BCUT2D eigenvalue weighted by molar-refractivity contribution is 0.0732. The average molecular weight is 728 g/mol. The minimum absolute atomic E-state index is 0.00885. The molecule has 7 rings (SSSR count). The Labute approximate surface area is 296 Å². The van der Waals surface area contributed by atoms with E-state index in [9.17, 15) is 22.8 Å². The van der Waals surface area contributed by atoms with E-state index < -0.39 is 21.7 Å². The topological polar surface area (TPSA) is 142 Å². The number of ether oxygens (including phenoxy) is 2. The molecule has 4 aliphatic rings. The molecule has 50 heavy (non-hydrogen) atoms. The number of carbonyl (C=O) groups excluding carboxylic acids is 2. The van der Waals surface area contributed by atoms with E-state index >= 15 is 0 Å². The van der Waals surface area contributed by atoms with Crippen LogP contribution in [0.15, 0.2) is 33.5 Å². The summed E-state index contributed by atoms with van der Waals surface area (Å²) in [6, 6.07) is 6.23. The number of amides is 2. The molecule has 0 radical (unpaired) electrons. The van der Waals surface area contributed by atoms with Gasteiger partial charge in [0.1, 0.15) is 11.3 Å². The van der Waals surface area contributed by atoms with E-state index in [1.54, 1.807) is 12.0 Å². The Morgan fingerprint density at radius 1 is 1.04 bits per heavy atom. The van der Waals surface area contributed by atoms with E-state index in [0.29, 0.717) is 41.1 Å². The Kier molecular flexibility index (Phi) is 9.35. The summed E-state index contributed by atoms with van der Waals surface area (Å²) in [6.45, 7) is 5.26. The Bertz CT molecular complexity index is 2020. The zero-order valence-corrected chi connectivity index (χ0v) is 30.2. The second kappa shape index (κ2) is 13.5. The van der Waals surface area contributed by atoms with Gasteiger partial charge in [0, 0.05) is 67.6 Å². The Hall–Kier alpha value is -3.69. The predicted molar refractivity (Wildman–Crippen MR) is 188 cm³/mol. The number of nitrogens with one attached hydrogen (secondary N) is 1. The molecule has 1 atom stereocenters. The van der Waals surface area contributed by atoms with Crippen LogP contribution in [-0.4, -0.2) is 107 Å². The van der Waals surface area contributed by atoms with Crippen molar-refractivity contribution in [3.05, 3.63) is 67.5 Å². The highest BCUT2D eigenvalue weighted by atomic mass is 35.5. The van der Waals surface area contributed by atoms with Crippen LogP contribution in [0.1, 0.15) is 63.1 Å². The van der Waals surface area contributed by atoms with Gasteiger partial charge in [-0.25, -0.2) is 9.52 Å². The van der Waals surface area contributed by atoms with Crippen molar-refractivity contribution in [1.29, 1.82) is 0 Å². The Morgan fingerprint density at radius 2 is 1.76 bits per heavy atom. The van der Waals surface area contributed by atoms with Gasteiger partial charge in [0.25, 0.3) is 11.8 Å². The molecule has 1 N–H and O–H groups in total. The number of piperazine rings is 1. The number of carbonyl (C=O) groups is 2. The van der Waals surface area contributed by atoms with Gasteiger partial charge in [0.15, 0.2) is 0 Å². The van der Waals surface area contributed by atoms with Gasteiger partial charge in [-0.1, -0.05) is 11.6 Å². The smallest absolute Gasteiger partial charge is 0.341 e. The van der Waals surface area contributed by atoms with Crippen LogP contribution in [0.2, 0.25) is 5.02 Å². The molecule has 268 valence electrons. The molecule has 3 aromatic rings. The molecular weight excluding hydrogens is 686 g/mol. The Morgan fingerprint density at radius 3 is 2.44 bits per heavy atom. The minimum Gasteiger partial charge on any atom is -0.496 e. The molecule has 4 aliphatic heterocycles. The fourth-order valence-corrected chi connectivity index (χ4v) is 10.2. The van der Waals surface area contributed by atoms with Gasteiger partial charge >= 0.3 is 15.8 Å². The van der Waals surface area contributed by atoms with Crippen LogP contribution in [0.4, 0.5) is 5.69 Å². The van der Waals surface area contributed by atoms with Crippen LogP contribution in [0.25, 0.3) is 11.0 Å². The second-order valence-electron chi connectivity index (χ2n) is 13.7. The standard InChI is InChI=1S/C35H42ClN5O8S/c1-20-29(39-14-13-38(2)24(17-39)19-47-3)16-28(36)31-25-11-12-40(18-27(25)35(44)49-32(20)31)34(43)21-5-10-26(30(15-21)48-4)33(42)37-50(45,46)41-22-6-7-23(41)9-8-22/h5,10,15-16,22-24H,6-9,11-14,17-19H2,1-4H3,(H,37,42). The SMILES string of the molecule is COCC1CN(c2cc(Cl)c3c4c(c(=O)oc3c2C)CN(C(=O)c2ccc(C(=O)NS(=O)(=O)N3C5CCC3CC5)c(OC)c2)CC4)CCN1C. The summed E-state index contributed by atoms with van der Waals surface area (Å²) in [5.41, 5.74) is 3.04. The zero-order valence-electron chi connectivity index (χ0n) is 28.7. The van der Waals surface area contributed by atoms with Crippen molar-refractivity contribution >= 4 is 50.3 Å². The number of halogens is 1. The van der Waals surface area contributed by atoms with E-state index in [2.05, 4.69) is 21.6 Å². The quantitative estimate of drug-likeness (QED) is 0.344. The number of benzene rings is 2. The third-order valence-corrected chi connectivity index (χ3v) is 12.8.